The standard InChI is InChI=1S/C33H30F6N6O4/c34-22-4-1-19(2-5-22)11-44(30(7-8-30)33(37,38)39)27(46)15-43-28(47)31(41-29(43)48)18-32(35,36)26-9-20(3-6-25(26)31)21-10-40-45(12-21)23-13-42(14-23)24-16-49-17-24/h1-6,9-10,12,23-24H,7-8,11,13-18H2,(H,41,48)/t31-/m0/s1. The Morgan fingerprint density at radius 1 is 1.00 bits per heavy atom. The first-order valence-electron chi connectivity index (χ1n) is 15.9. The molecule has 5 aliphatic rings. The molecule has 2 aliphatic carbocycles. The van der Waals surface area contributed by atoms with Crippen LogP contribution in [0, 0.1) is 5.82 Å². The predicted octanol–water partition coefficient (Wildman–Crippen LogP) is 4.31. The third-order valence-corrected chi connectivity index (χ3v) is 10.5. The van der Waals surface area contributed by atoms with Gasteiger partial charge in [-0.15, -0.1) is 0 Å². The van der Waals surface area contributed by atoms with Gasteiger partial charge < -0.3 is 15.0 Å². The molecule has 4 amide bonds. The molecule has 0 unspecified atom stereocenters. The third kappa shape index (κ3) is 5.01. The zero-order chi connectivity index (χ0) is 34.5. The van der Waals surface area contributed by atoms with Crippen LogP contribution in [0.2, 0.25) is 0 Å². The molecule has 2 aromatic carbocycles. The fourth-order valence-electron chi connectivity index (χ4n) is 7.36. The topological polar surface area (TPSA) is 100 Å². The maximum atomic E-state index is 15.7. The van der Waals surface area contributed by atoms with Crippen LogP contribution in [0.5, 0.6) is 0 Å². The van der Waals surface area contributed by atoms with Crippen LogP contribution in [0.4, 0.5) is 31.1 Å². The first-order chi connectivity index (χ1) is 23.2. The van der Waals surface area contributed by atoms with Gasteiger partial charge in [0.2, 0.25) is 5.91 Å². The molecule has 3 aliphatic heterocycles. The summed E-state index contributed by atoms with van der Waals surface area (Å²) in [6, 6.07) is 8.02. The maximum Gasteiger partial charge on any atom is 0.411 e. The second-order valence-corrected chi connectivity index (χ2v) is 13.5. The molecule has 1 saturated carbocycles. The molecule has 1 N–H and O–H groups in total. The molecule has 10 nitrogen and oxygen atoms in total. The first-order valence-corrected chi connectivity index (χ1v) is 15.9. The number of hydrogen-bond acceptors (Lipinski definition) is 6. The van der Waals surface area contributed by atoms with Crippen molar-refractivity contribution in [1.29, 1.82) is 0 Å². The van der Waals surface area contributed by atoms with Crippen LogP contribution in [0.1, 0.15) is 42.0 Å². The Hall–Kier alpha value is -4.44. The molecule has 0 radical (unpaired) electrons. The van der Waals surface area contributed by atoms with Crippen molar-refractivity contribution < 1.29 is 45.5 Å². The van der Waals surface area contributed by atoms with E-state index >= 15 is 8.78 Å². The third-order valence-electron chi connectivity index (χ3n) is 10.5. The van der Waals surface area contributed by atoms with E-state index in [0.29, 0.717) is 40.2 Å². The molecule has 1 atom stereocenters. The second kappa shape index (κ2) is 10.8. The SMILES string of the molecule is O=C1N[C@]2(CC(F)(F)c3cc(-c4cnn(C5CN(C6COC6)C5)c4)ccc32)C(=O)N1CC(=O)N(Cc1ccc(F)cc1)C1(C(F)(F)F)CC1. The van der Waals surface area contributed by atoms with Gasteiger partial charge in [-0.05, 0) is 47.7 Å². The summed E-state index contributed by atoms with van der Waals surface area (Å²) >= 11 is 0. The number of fused-ring (bicyclic) bond motifs is 2. The summed E-state index contributed by atoms with van der Waals surface area (Å²) in [5, 5.41) is 6.76. The van der Waals surface area contributed by atoms with Crippen molar-refractivity contribution in [3.63, 3.8) is 0 Å². The van der Waals surface area contributed by atoms with Crippen molar-refractivity contribution in [2.24, 2.45) is 0 Å². The number of nitrogens with one attached hydrogen (secondary N) is 1. The lowest BCUT2D eigenvalue weighted by molar-refractivity contribution is -0.202. The van der Waals surface area contributed by atoms with E-state index in [2.05, 4.69) is 15.3 Å². The Morgan fingerprint density at radius 3 is 2.35 bits per heavy atom. The molecule has 49 heavy (non-hydrogen) atoms. The predicted molar refractivity (Wildman–Crippen MR) is 158 cm³/mol. The van der Waals surface area contributed by atoms with Gasteiger partial charge in [-0.3, -0.25) is 24.1 Å². The molecule has 258 valence electrons. The fourth-order valence-corrected chi connectivity index (χ4v) is 7.36. The molecule has 16 heteroatoms. The highest BCUT2D eigenvalue weighted by Crippen LogP contribution is 2.55. The second-order valence-electron chi connectivity index (χ2n) is 13.5. The van der Waals surface area contributed by atoms with Crippen LogP contribution in [-0.2, 0) is 32.3 Å². The van der Waals surface area contributed by atoms with Gasteiger partial charge in [0.1, 0.15) is 17.9 Å². The first kappa shape index (κ1) is 31.8. The Morgan fingerprint density at radius 2 is 1.71 bits per heavy atom. The van der Waals surface area contributed by atoms with Crippen molar-refractivity contribution in [3.05, 3.63) is 77.4 Å². The summed E-state index contributed by atoms with van der Waals surface area (Å²) in [7, 11) is 0. The Kier molecular flexibility index (Phi) is 7.00. The number of carbonyl (C=O) groups excluding carboxylic acids is 3. The van der Waals surface area contributed by atoms with Crippen LogP contribution < -0.4 is 5.32 Å². The Balaban J connectivity index is 1.03. The van der Waals surface area contributed by atoms with Crippen molar-refractivity contribution in [2.75, 3.05) is 32.8 Å². The molecule has 4 fully saturated rings. The fraction of sp³-hybridized carbons (Fsp3) is 0.455. The van der Waals surface area contributed by atoms with Crippen LogP contribution in [0.15, 0.2) is 54.9 Å². The average molecular weight is 689 g/mol. The normalized spacial score (nSPS) is 24.5. The summed E-state index contributed by atoms with van der Waals surface area (Å²) in [4.78, 5) is 43.7. The van der Waals surface area contributed by atoms with Crippen LogP contribution in [-0.4, -0.2) is 92.9 Å². The largest absolute Gasteiger partial charge is 0.411 e. The molecule has 0 bridgehead atoms. The number of ether oxygens (including phenoxy) is 1. The highest BCUT2D eigenvalue weighted by molar-refractivity contribution is 6.10. The van der Waals surface area contributed by atoms with Gasteiger partial charge in [0.25, 0.3) is 11.8 Å². The number of imide groups is 1. The van der Waals surface area contributed by atoms with Gasteiger partial charge in [-0.2, -0.15) is 18.3 Å². The highest BCUT2D eigenvalue weighted by atomic mass is 19.4. The van der Waals surface area contributed by atoms with E-state index in [1.165, 1.54) is 24.3 Å². The molecule has 3 saturated heterocycles. The number of benzene rings is 2. The van der Waals surface area contributed by atoms with E-state index in [4.69, 9.17) is 4.74 Å². The molecule has 3 aromatic rings. The summed E-state index contributed by atoms with van der Waals surface area (Å²) in [6.07, 6.45) is -3.41. The molecule has 8 rings (SSSR count). The highest BCUT2D eigenvalue weighted by Gasteiger charge is 2.69. The number of hydrogen-bond donors (Lipinski definition) is 1. The molecular weight excluding hydrogens is 658 g/mol. The molecule has 4 heterocycles. The van der Waals surface area contributed by atoms with Gasteiger partial charge >= 0.3 is 12.2 Å². The monoisotopic (exact) mass is 688 g/mol. The van der Waals surface area contributed by atoms with Gasteiger partial charge in [-0.1, -0.05) is 24.3 Å². The Labute approximate surface area is 275 Å². The number of halogens is 6. The number of alkyl halides is 5. The van der Waals surface area contributed by atoms with Crippen molar-refractivity contribution >= 4 is 17.8 Å². The van der Waals surface area contributed by atoms with Gasteiger partial charge in [-0.25, -0.2) is 18.0 Å². The number of likely N-dealkylation sites (tertiary alicyclic amines) is 1. The van der Waals surface area contributed by atoms with Crippen molar-refractivity contribution in [2.45, 2.75) is 61.1 Å². The molecular formula is C33H30F6N6O4. The van der Waals surface area contributed by atoms with E-state index in [-0.39, 0.29) is 17.2 Å². The van der Waals surface area contributed by atoms with Crippen LogP contribution in [0.25, 0.3) is 11.1 Å². The number of nitrogens with zero attached hydrogens (tertiary/aromatic N) is 5. The summed E-state index contributed by atoms with van der Waals surface area (Å²) in [5.41, 5.74) is -4.18. The number of urea groups is 1. The average Bonchev–Trinajstić information content (AvgIpc) is 3.55. The number of rotatable bonds is 8. The van der Waals surface area contributed by atoms with E-state index in [1.54, 1.807) is 23.1 Å². The van der Waals surface area contributed by atoms with E-state index in [0.717, 1.165) is 25.2 Å². The molecule has 1 aromatic heterocycles. The van der Waals surface area contributed by atoms with Crippen LogP contribution in [0.3, 0.4) is 0 Å². The number of amides is 4. The number of carbonyl (C=O) groups is 3. The summed E-state index contributed by atoms with van der Waals surface area (Å²) in [6.45, 7) is 1.32. The van der Waals surface area contributed by atoms with E-state index < -0.39 is 84.8 Å². The smallest absolute Gasteiger partial charge is 0.378 e. The van der Waals surface area contributed by atoms with Gasteiger partial charge in [0.05, 0.1) is 37.9 Å². The summed E-state index contributed by atoms with van der Waals surface area (Å²) < 4.78 is 94.5. The summed E-state index contributed by atoms with van der Waals surface area (Å²) in [5.74, 6) is -6.55. The maximum absolute atomic E-state index is 15.7. The minimum Gasteiger partial charge on any atom is -0.378 e. The lowest BCUT2D eigenvalue weighted by Gasteiger charge is -2.47. The lowest BCUT2D eigenvalue weighted by Crippen LogP contribution is -2.59. The zero-order valence-corrected chi connectivity index (χ0v) is 25.9. The van der Waals surface area contributed by atoms with E-state index in [1.807, 2.05) is 0 Å². The van der Waals surface area contributed by atoms with Crippen molar-refractivity contribution in [3.8, 4) is 11.1 Å². The van der Waals surface area contributed by atoms with Crippen LogP contribution >= 0.6 is 0 Å². The Bertz CT molecular complexity index is 1850. The quantitative estimate of drug-likeness (QED) is 0.280. The van der Waals surface area contributed by atoms with E-state index in [9.17, 15) is 31.9 Å². The van der Waals surface area contributed by atoms with Crippen molar-refractivity contribution in [1.82, 2.24) is 29.8 Å². The lowest BCUT2D eigenvalue weighted by atomic mass is 9.90. The zero-order valence-electron chi connectivity index (χ0n) is 25.9. The minimum atomic E-state index is -4.83. The van der Waals surface area contributed by atoms with Gasteiger partial charge in [0.15, 0.2) is 5.54 Å². The minimum absolute atomic E-state index is 0.131. The molecule has 1 spiro atoms. The number of aromatic nitrogens is 2. The van der Waals surface area contributed by atoms with Gasteiger partial charge in [0, 0.05) is 37.0 Å².